The molecular formula is C17H16ClF7N2O2. The van der Waals surface area contributed by atoms with Crippen LogP contribution in [0.15, 0.2) is 29.4 Å². The molecule has 2 rings (SSSR count). The summed E-state index contributed by atoms with van der Waals surface area (Å²) >= 11 is 5.75. The lowest BCUT2D eigenvalue weighted by Gasteiger charge is -2.41. The summed E-state index contributed by atoms with van der Waals surface area (Å²) in [6.07, 6.45) is -8.00. The van der Waals surface area contributed by atoms with Crippen LogP contribution in [0.25, 0.3) is 0 Å². The van der Waals surface area contributed by atoms with E-state index in [0.29, 0.717) is 0 Å². The number of hydrazone groups is 1. The van der Waals surface area contributed by atoms with Gasteiger partial charge in [-0.1, -0.05) is 38.4 Å². The summed E-state index contributed by atoms with van der Waals surface area (Å²) in [5.74, 6) is -13.5. The Labute approximate surface area is 165 Å². The van der Waals surface area contributed by atoms with E-state index in [2.05, 4.69) is 5.10 Å². The van der Waals surface area contributed by atoms with Crippen molar-refractivity contribution in [2.24, 2.45) is 10.5 Å². The van der Waals surface area contributed by atoms with Crippen LogP contribution in [-0.4, -0.2) is 45.5 Å². The van der Waals surface area contributed by atoms with E-state index in [4.69, 9.17) is 11.6 Å². The van der Waals surface area contributed by atoms with Crippen molar-refractivity contribution in [3.63, 3.8) is 0 Å². The summed E-state index contributed by atoms with van der Waals surface area (Å²) < 4.78 is 92.8. The summed E-state index contributed by atoms with van der Waals surface area (Å²) in [6, 6.07) is 4.99. The van der Waals surface area contributed by atoms with Crippen LogP contribution in [0, 0.1) is 5.41 Å². The highest BCUT2D eigenvalue weighted by atomic mass is 35.5. The number of aliphatic hydroxyl groups is 1. The maximum Gasteiger partial charge on any atom is 0.460 e. The van der Waals surface area contributed by atoms with E-state index in [1.807, 2.05) is 0 Å². The number of carbonyl (C=O) groups is 1. The smallest absolute Gasteiger partial charge is 0.368 e. The summed E-state index contributed by atoms with van der Waals surface area (Å²) in [6.45, 7) is 3.84. The number of rotatable bonds is 3. The van der Waals surface area contributed by atoms with Gasteiger partial charge in [0, 0.05) is 22.4 Å². The fourth-order valence-electron chi connectivity index (χ4n) is 2.62. The van der Waals surface area contributed by atoms with Gasteiger partial charge in [0.2, 0.25) is 0 Å². The van der Waals surface area contributed by atoms with Gasteiger partial charge < -0.3 is 5.11 Å². The molecule has 162 valence electrons. The number of alkyl halides is 7. The molecule has 0 aliphatic carbocycles. The Balaban J connectivity index is 2.61. The van der Waals surface area contributed by atoms with Crippen LogP contribution in [0.2, 0.25) is 5.02 Å². The van der Waals surface area contributed by atoms with E-state index in [-0.39, 0.29) is 15.6 Å². The van der Waals surface area contributed by atoms with Gasteiger partial charge in [-0.25, -0.2) is 0 Å². The largest absolute Gasteiger partial charge is 0.460 e. The second-order valence-electron chi connectivity index (χ2n) is 7.56. The first-order chi connectivity index (χ1) is 12.9. The van der Waals surface area contributed by atoms with Gasteiger partial charge in [0.15, 0.2) is 5.72 Å². The Morgan fingerprint density at radius 2 is 1.69 bits per heavy atom. The lowest BCUT2D eigenvalue weighted by atomic mass is 9.79. The van der Waals surface area contributed by atoms with E-state index in [1.165, 1.54) is 39.0 Å². The SMILES string of the molecule is CC(C)(C)[C@@]1(O)CC(C(F)(F)C(F)(F)C(F)(F)F)=NN1C(=O)c1cccc(Cl)c1. The van der Waals surface area contributed by atoms with Crippen LogP contribution in [0.4, 0.5) is 30.7 Å². The Bertz CT molecular complexity index is 849. The standard InChI is InChI=1S/C17H16ClF7N2O2/c1-13(2,3)14(29)8-11(15(19,20)16(21,22)17(23,24)25)26-27(14)12(28)9-5-4-6-10(18)7-9/h4-7,29H,8H2,1-3H3/t14-/m0/s1. The van der Waals surface area contributed by atoms with Crippen LogP contribution in [0.1, 0.15) is 37.6 Å². The van der Waals surface area contributed by atoms with E-state index in [9.17, 15) is 40.6 Å². The van der Waals surface area contributed by atoms with Crippen molar-refractivity contribution in [3.05, 3.63) is 34.9 Å². The molecule has 1 aromatic rings. The van der Waals surface area contributed by atoms with Crippen LogP contribution in [0.5, 0.6) is 0 Å². The van der Waals surface area contributed by atoms with E-state index in [0.717, 1.165) is 6.07 Å². The zero-order valence-corrected chi connectivity index (χ0v) is 16.0. The minimum absolute atomic E-state index is 0.0625. The summed E-state index contributed by atoms with van der Waals surface area (Å²) in [4.78, 5) is 12.7. The average molecular weight is 449 g/mol. The van der Waals surface area contributed by atoms with Gasteiger partial charge in [-0.05, 0) is 18.2 Å². The van der Waals surface area contributed by atoms with Crippen LogP contribution in [0.3, 0.4) is 0 Å². The first kappa shape index (κ1) is 23.4. The maximum absolute atomic E-state index is 14.2. The van der Waals surface area contributed by atoms with Crippen molar-refractivity contribution in [3.8, 4) is 0 Å². The van der Waals surface area contributed by atoms with Crippen molar-refractivity contribution in [2.75, 3.05) is 0 Å². The van der Waals surface area contributed by atoms with Gasteiger partial charge in [-0.3, -0.25) is 4.79 Å². The van der Waals surface area contributed by atoms with Crippen molar-refractivity contribution in [1.29, 1.82) is 0 Å². The number of hydrogen-bond acceptors (Lipinski definition) is 3. The Hall–Kier alpha value is -1.88. The van der Waals surface area contributed by atoms with Crippen molar-refractivity contribution in [2.45, 2.75) is 50.9 Å². The maximum atomic E-state index is 14.2. The number of halogens is 8. The lowest BCUT2D eigenvalue weighted by molar-refractivity contribution is -0.336. The average Bonchev–Trinajstić information content (AvgIpc) is 2.92. The molecule has 1 heterocycles. The minimum atomic E-state index is -6.58. The third kappa shape index (κ3) is 3.70. The molecule has 0 aromatic heterocycles. The fourth-order valence-corrected chi connectivity index (χ4v) is 2.81. The first-order valence-electron chi connectivity index (χ1n) is 8.09. The third-order valence-electron chi connectivity index (χ3n) is 4.56. The summed E-state index contributed by atoms with van der Waals surface area (Å²) in [5, 5.41) is 14.1. The Morgan fingerprint density at radius 1 is 1.14 bits per heavy atom. The third-order valence-corrected chi connectivity index (χ3v) is 4.80. The molecule has 1 atom stereocenters. The number of amides is 1. The molecule has 0 fully saturated rings. The molecule has 4 nitrogen and oxygen atoms in total. The molecule has 0 bridgehead atoms. The van der Waals surface area contributed by atoms with Crippen molar-refractivity contribution in [1.82, 2.24) is 5.01 Å². The predicted molar refractivity (Wildman–Crippen MR) is 90.0 cm³/mol. The zero-order valence-electron chi connectivity index (χ0n) is 15.3. The topological polar surface area (TPSA) is 52.9 Å². The molecule has 0 saturated heterocycles. The van der Waals surface area contributed by atoms with Gasteiger partial charge in [-0.15, -0.1) is 0 Å². The number of nitrogens with zero attached hydrogens (tertiary/aromatic N) is 2. The molecule has 1 N–H and O–H groups in total. The molecule has 0 radical (unpaired) electrons. The highest BCUT2D eigenvalue weighted by Gasteiger charge is 2.76. The second kappa shape index (κ2) is 6.83. The van der Waals surface area contributed by atoms with Gasteiger partial charge in [0.1, 0.15) is 5.71 Å². The Kier molecular flexibility index (Phi) is 5.51. The fraction of sp³-hybridized carbons (Fsp3) is 0.529. The zero-order chi connectivity index (χ0) is 22.6. The van der Waals surface area contributed by atoms with Gasteiger partial charge in [0.05, 0.1) is 0 Å². The number of carbonyl (C=O) groups excluding carboxylic acids is 1. The molecule has 1 aromatic carbocycles. The second-order valence-corrected chi connectivity index (χ2v) is 8.00. The minimum Gasteiger partial charge on any atom is -0.368 e. The summed E-state index contributed by atoms with van der Waals surface area (Å²) in [5.41, 5.74) is -6.26. The molecule has 1 aliphatic rings. The Morgan fingerprint density at radius 3 is 2.14 bits per heavy atom. The van der Waals surface area contributed by atoms with Gasteiger partial charge >= 0.3 is 18.0 Å². The normalized spacial score (nSPS) is 21.4. The predicted octanol–water partition coefficient (Wildman–Crippen LogP) is 5.11. The molecule has 29 heavy (non-hydrogen) atoms. The molecule has 1 amide bonds. The van der Waals surface area contributed by atoms with Crippen molar-refractivity contribution >= 4 is 23.2 Å². The highest BCUT2D eigenvalue weighted by molar-refractivity contribution is 6.31. The van der Waals surface area contributed by atoms with Crippen LogP contribution >= 0.6 is 11.6 Å². The number of hydrogen-bond donors (Lipinski definition) is 1. The summed E-state index contributed by atoms with van der Waals surface area (Å²) in [7, 11) is 0. The van der Waals surface area contributed by atoms with Crippen LogP contribution < -0.4 is 0 Å². The van der Waals surface area contributed by atoms with Gasteiger partial charge in [0.25, 0.3) is 5.91 Å². The molecule has 0 unspecified atom stereocenters. The van der Waals surface area contributed by atoms with Crippen LogP contribution in [-0.2, 0) is 0 Å². The van der Waals surface area contributed by atoms with Gasteiger partial charge in [-0.2, -0.15) is 40.8 Å². The quantitative estimate of drug-likeness (QED) is 0.653. The van der Waals surface area contributed by atoms with Crippen molar-refractivity contribution < 1.29 is 40.6 Å². The monoisotopic (exact) mass is 448 g/mol. The molecular weight excluding hydrogens is 433 g/mol. The lowest BCUT2D eigenvalue weighted by Crippen LogP contribution is -2.58. The molecule has 0 saturated carbocycles. The molecule has 1 aliphatic heterocycles. The van der Waals surface area contributed by atoms with E-state index in [1.54, 1.807) is 0 Å². The highest BCUT2D eigenvalue weighted by Crippen LogP contribution is 2.51. The van der Waals surface area contributed by atoms with E-state index < -0.39 is 47.2 Å². The molecule has 12 heteroatoms. The first-order valence-corrected chi connectivity index (χ1v) is 8.47. The molecule has 0 spiro atoms. The van der Waals surface area contributed by atoms with E-state index >= 15 is 0 Å². The number of benzene rings is 1.